The number of carbonyl (C=O) groups excluding carboxylic acids is 1. The van der Waals surface area contributed by atoms with Crippen LogP contribution in [-0.4, -0.2) is 33.9 Å². The van der Waals surface area contributed by atoms with E-state index < -0.39 is 0 Å². The Balaban J connectivity index is 1.54. The van der Waals surface area contributed by atoms with Crippen LogP contribution in [-0.2, 0) is 0 Å². The van der Waals surface area contributed by atoms with Gasteiger partial charge in [0.2, 0.25) is 0 Å². The molecule has 104 valence electrons. The molecular weight excluding hydrogens is 320 g/mol. The lowest BCUT2D eigenvalue weighted by Gasteiger charge is -2.23. The molecule has 3 atom stereocenters. The summed E-state index contributed by atoms with van der Waals surface area (Å²) in [4.78, 5) is 16.6. The second-order valence-corrected chi connectivity index (χ2v) is 6.52. The van der Waals surface area contributed by atoms with Crippen molar-refractivity contribution in [2.45, 2.75) is 24.9 Å². The Kier molecular flexibility index (Phi) is 2.82. The van der Waals surface area contributed by atoms with E-state index in [1.165, 1.54) is 6.42 Å². The van der Waals surface area contributed by atoms with Crippen LogP contribution in [0, 0.1) is 5.92 Å². The molecule has 2 aliphatic rings. The van der Waals surface area contributed by atoms with Gasteiger partial charge in [-0.15, -0.1) is 0 Å². The number of hydrogen-bond donors (Lipinski definition) is 2. The fourth-order valence-corrected chi connectivity index (χ4v) is 3.77. The van der Waals surface area contributed by atoms with E-state index in [2.05, 4.69) is 31.5 Å². The normalized spacial score (nSPS) is 28.1. The molecule has 20 heavy (non-hydrogen) atoms. The highest BCUT2D eigenvalue weighted by atomic mass is 79.9. The van der Waals surface area contributed by atoms with E-state index >= 15 is 0 Å². The zero-order valence-electron chi connectivity index (χ0n) is 10.8. The quantitative estimate of drug-likeness (QED) is 0.876. The Morgan fingerprint density at radius 2 is 2.40 bits per heavy atom. The monoisotopic (exact) mass is 334 g/mol. The van der Waals surface area contributed by atoms with Gasteiger partial charge in [0.1, 0.15) is 5.69 Å². The van der Waals surface area contributed by atoms with Crippen molar-refractivity contribution in [1.29, 1.82) is 0 Å². The Morgan fingerprint density at radius 1 is 1.50 bits per heavy atom. The van der Waals surface area contributed by atoms with Crippen molar-refractivity contribution < 1.29 is 4.79 Å². The van der Waals surface area contributed by atoms with E-state index in [4.69, 9.17) is 0 Å². The summed E-state index contributed by atoms with van der Waals surface area (Å²) in [6.07, 6.45) is 7.67. The fraction of sp³-hybridized carbons (Fsp3) is 0.429. The van der Waals surface area contributed by atoms with Gasteiger partial charge in [-0.25, -0.2) is 4.98 Å². The summed E-state index contributed by atoms with van der Waals surface area (Å²) in [6, 6.07) is 2.63. The second-order valence-electron chi connectivity index (χ2n) is 5.66. The predicted molar refractivity (Wildman–Crippen MR) is 78.7 cm³/mol. The Morgan fingerprint density at radius 3 is 3.15 bits per heavy atom. The molecule has 1 aliphatic heterocycles. The number of nitrogens with zero attached hydrogens (tertiary/aromatic N) is 2. The minimum absolute atomic E-state index is 0.0870. The molecule has 1 amide bonds. The summed E-state index contributed by atoms with van der Waals surface area (Å²) < 4.78 is 2.89. The number of hydrogen-bond acceptors (Lipinski definition) is 3. The minimum atomic E-state index is -0.0870. The Hall–Kier alpha value is -1.40. The number of halogens is 1. The number of amides is 1. The van der Waals surface area contributed by atoms with Crippen molar-refractivity contribution in [1.82, 2.24) is 20.0 Å². The third kappa shape index (κ3) is 1.94. The van der Waals surface area contributed by atoms with Crippen LogP contribution in [0.1, 0.15) is 23.3 Å². The summed E-state index contributed by atoms with van der Waals surface area (Å²) in [5.41, 5.74) is 1.42. The first-order valence-electron chi connectivity index (χ1n) is 6.87. The standard InChI is InChI=1S/C14H15BrN4O/c15-9-1-2-19-7-12(17-6-13(9)19)14(20)18-11-4-8-3-10(11)16-5-8/h1-2,6-8,10-11,16H,3-5H2,(H,18,20). The van der Waals surface area contributed by atoms with Crippen LogP contribution in [0.4, 0.5) is 0 Å². The Labute approximate surface area is 124 Å². The van der Waals surface area contributed by atoms with E-state index in [9.17, 15) is 4.79 Å². The molecule has 1 aliphatic carbocycles. The molecule has 2 fully saturated rings. The lowest BCUT2D eigenvalue weighted by molar-refractivity contribution is 0.0923. The highest BCUT2D eigenvalue weighted by Gasteiger charge is 2.40. The maximum absolute atomic E-state index is 12.3. The van der Waals surface area contributed by atoms with Crippen LogP contribution >= 0.6 is 15.9 Å². The SMILES string of the molecule is O=C(NC1CC2CNC1C2)c1cn2ccc(Br)c2cn1. The van der Waals surface area contributed by atoms with E-state index in [1.54, 1.807) is 12.4 Å². The maximum atomic E-state index is 12.3. The molecule has 6 heteroatoms. The molecule has 3 unspecified atom stereocenters. The molecule has 0 aromatic carbocycles. The molecule has 1 saturated carbocycles. The average molecular weight is 335 g/mol. The van der Waals surface area contributed by atoms with Crippen molar-refractivity contribution >= 4 is 27.4 Å². The smallest absolute Gasteiger partial charge is 0.271 e. The van der Waals surface area contributed by atoms with Gasteiger partial charge >= 0.3 is 0 Å². The molecular formula is C14H15BrN4O. The molecule has 4 rings (SSSR count). The minimum Gasteiger partial charge on any atom is -0.346 e. The second kappa shape index (κ2) is 4.56. The highest BCUT2D eigenvalue weighted by Crippen LogP contribution is 2.31. The lowest BCUT2D eigenvalue weighted by Crippen LogP contribution is -2.48. The summed E-state index contributed by atoms with van der Waals surface area (Å²) in [6.45, 7) is 1.10. The molecule has 0 radical (unpaired) electrons. The number of carbonyl (C=O) groups is 1. The summed E-state index contributed by atoms with van der Waals surface area (Å²) in [5, 5.41) is 6.56. The largest absolute Gasteiger partial charge is 0.346 e. The van der Waals surface area contributed by atoms with Gasteiger partial charge < -0.3 is 15.0 Å². The van der Waals surface area contributed by atoms with Gasteiger partial charge in [-0.05, 0) is 47.3 Å². The highest BCUT2D eigenvalue weighted by molar-refractivity contribution is 9.10. The number of fused-ring (bicyclic) bond motifs is 3. The first-order chi connectivity index (χ1) is 9.70. The predicted octanol–water partition coefficient (Wildman–Crippen LogP) is 1.58. The molecule has 3 heterocycles. The van der Waals surface area contributed by atoms with Crippen molar-refractivity contribution in [3.8, 4) is 0 Å². The molecule has 0 spiro atoms. The lowest BCUT2D eigenvalue weighted by atomic mass is 10.1. The van der Waals surface area contributed by atoms with Crippen LogP contribution in [0.2, 0.25) is 0 Å². The number of piperidine rings is 1. The van der Waals surface area contributed by atoms with E-state index in [0.717, 1.165) is 28.9 Å². The number of rotatable bonds is 2. The van der Waals surface area contributed by atoms with E-state index in [0.29, 0.717) is 11.7 Å². The summed E-state index contributed by atoms with van der Waals surface area (Å²) in [5.74, 6) is 0.636. The van der Waals surface area contributed by atoms with Crippen molar-refractivity contribution in [2.75, 3.05) is 6.54 Å². The fourth-order valence-electron chi connectivity index (χ4n) is 3.34. The van der Waals surface area contributed by atoms with Gasteiger partial charge in [0.05, 0.1) is 11.7 Å². The first-order valence-corrected chi connectivity index (χ1v) is 7.66. The zero-order valence-corrected chi connectivity index (χ0v) is 12.4. The van der Waals surface area contributed by atoms with Gasteiger partial charge in [0, 0.05) is 29.0 Å². The van der Waals surface area contributed by atoms with Gasteiger partial charge in [-0.2, -0.15) is 0 Å². The molecule has 5 nitrogen and oxygen atoms in total. The van der Waals surface area contributed by atoms with Crippen LogP contribution in [0.15, 0.2) is 29.1 Å². The first kappa shape index (κ1) is 12.3. The average Bonchev–Trinajstić information content (AvgIpc) is 3.14. The third-order valence-electron chi connectivity index (χ3n) is 4.37. The topological polar surface area (TPSA) is 58.4 Å². The van der Waals surface area contributed by atoms with Crippen LogP contribution < -0.4 is 10.6 Å². The van der Waals surface area contributed by atoms with Gasteiger partial charge in [0.15, 0.2) is 0 Å². The van der Waals surface area contributed by atoms with Gasteiger partial charge in [-0.3, -0.25) is 4.79 Å². The Bertz CT molecular complexity index is 683. The molecule has 2 bridgehead atoms. The van der Waals surface area contributed by atoms with Crippen LogP contribution in [0.5, 0.6) is 0 Å². The number of nitrogens with one attached hydrogen (secondary N) is 2. The molecule has 1 saturated heterocycles. The molecule has 2 aromatic heterocycles. The summed E-state index contributed by atoms with van der Waals surface area (Å²) >= 11 is 3.45. The van der Waals surface area contributed by atoms with Gasteiger partial charge in [-0.1, -0.05) is 0 Å². The van der Waals surface area contributed by atoms with Gasteiger partial charge in [0.25, 0.3) is 5.91 Å². The molecule has 2 N–H and O–H groups in total. The van der Waals surface area contributed by atoms with Crippen molar-refractivity contribution in [3.05, 3.63) is 34.8 Å². The van der Waals surface area contributed by atoms with Crippen LogP contribution in [0.3, 0.4) is 0 Å². The molecule has 2 aromatic rings. The zero-order chi connectivity index (χ0) is 13.7. The van der Waals surface area contributed by atoms with E-state index in [-0.39, 0.29) is 11.9 Å². The van der Waals surface area contributed by atoms with E-state index in [1.807, 2.05) is 16.7 Å². The number of aromatic nitrogens is 2. The van der Waals surface area contributed by atoms with Crippen LogP contribution in [0.25, 0.3) is 5.52 Å². The van der Waals surface area contributed by atoms with Crippen molar-refractivity contribution in [3.63, 3.8) is 0 Å². The van der Waals surface area contributed by atoms with Crippen molar-refractivity contribution in [2.24, 2.45) is 5.92 Å². The third-order valence-corrected chi connectivity index (χ3v) is 5.04. The maximum Gasteiger partial charge on any atom is 0.271 e. The summed E-state index contributed by atoms with van der Waals surface area (Å²) in [7, 11) is 0.